The third kappa shape index (κ3) is 2.69. The Hall–Kier alpha value is -1.34. The van der Waals surface area contributed by atoms with Crippen molar-refractivity contribution in [2.45, 2.75) is 68.6 Å². The Morgan fingerprint density at radius 2 is 2.00 bits per heavy atom. The van der Waals surface area contributed by atoms with Gasteiger partial charge in [0.2, 0.25) is 0 Å². The van der Waals surface area contributed by atoms with E-state index < -0.39 is 17.1 Å². The van der Waals surface area contributed by atoms with Crippen LogP contribution < -0.4 is 22.0 Å². The number of quaternary nitrogens is 1. The molecule has 3 fully saturated rings. The summed E-state index contributed by atoms with van der Waals surface area (Å²) in [6.07, 6.45) is 4.49. The maximum absolute atomic E-state index is 12.7. The number of aliphatic hydroxyl groups is 2. The van der Waals surface area contributed by atoms with Crippen molar-refractivity contribution in [3.8, 4) is 11.5 Å². The zero-order valence-electron chi connectivity index (χ0n) is 16.8. The number of nitrogens with one attached hydrogen (secondary N) is 1. The molecule has 1 spiro atoms. The Kier molecular flexibility index (Phi) is 5.13. The van der Waals surface area contributed by atoms with E-state index >= 15 is 0 Å². The summed E-state index contributed by atoms with van der Waals surface area (Å²) in [5, 5.41) is 29.9. The van der Waals surface area contributed by atoms with E-state index in [4.69, 9.17) is 9.84 Å². The molecule has 0 aromatic heterocycles. The Morgan fingerprint density at radius 3 is 2.69 bits per heavy atom. The van der Waals surface area contributed by atoms with Gasteiger partial charge in [-0.25, -0.2) is 0 Å². The molecule has 0 amide bonds. The molecule has 2 heterocycles. The Bertz CT molecular complexity index is 828. The molecular formula is C22H30ClNO5. The summed E-state index contributed by atoms with van der Waals surface area (Å²) < 4.78 is 6.05. The number of likely N-dealkylation sites (tertiary alicyclic amines) is 1. The molecule has 5 atom stereocenters. The largest absolute Gasteiger partial charge is 1.00 e. The second kappa shape index (κ2) is 7.12. The molecule has 5 aliphatic rings. The normalized spacial score (nSPS) is 38.2. The highest BCUT2D eigenvalue weighted by Gasteiger charge is 2.75. The van der Waals surface area contributed by atoms with Crippen LogP contribution in [0.15, 0.2) is 12.1 Å². The molecule has 2 saturated carbocycles. The van der Waals surface area contributed by atoms with E-state index in [1.807, 2.05) is 6.07 Å². The van der Waals surface area contributed by atoms with Crippen LogP contribution in [0.1, 0.15) is 50.2 Å². The number of aromatic hydroxyl groups is 1. The first-order valence-corrected chi connectivity index (χ1v) is 10.7. The molecule has 1 aromatic rings. The zero-order chi connectivity index (χ0) is 19.7. The number of phenols is 1. The van der Waals surface area contributed by atoms with E-state index in [9.17, 15) is 15.0 Å². The zero-order valence-corrected chi connectivity index (χ0v) is 17.5. The predicted molar refractivity (Wildman–Crippen MR) is 102 cm³/mol. The first kappa shape index (κ1) is 20.9. The van der Waals surface area contributed by atoms with Gasteiger partial charge in [-0.1, -0.05) is 6.07 Å². The minimum atomic E-state index is -0.903. The monoisotopic (exact) mass is 423 g/mol. The average molecular weight is 424 g/mol. The smallest absolute Gasteiger partial charge is 0.174 e. The molecule has 6 nitrogen and oxygen atoms in total. The molecule has 1 aromatic carbocycles. The highest BCUT2D eigenvalue weighted by molar-refractivity contribution is 5.89. The van der Waals surface area contributed by atoms with Crippen LogP contribution in [0.5, 0.6) is 11.5 Å². The van der Waals surface area contributed by atoms with E-state index in [1.54, 1.807) is 13.0 Å². The van der Waals surface area contributed by atoms with Gasteiger partial charge in [-0.05, 0) is 37.8 Å². The number of hydrogen-bond donors (Lipinski definition) is 4. The lowest BCUT2D eigenvalue weighted by atomic mass is 9.49. The van der Waals surface area contributed by atoms with Crippen LogP contribution >= 0.6 is 0 Å². The quantitative estimate of drug-likeness (QED) is 0.410. The fourth-order valence-electron chi connectivity index (χ4n) is 6.49. The molecule has 0 radical (unpaired) electrons. The minimum absolute atomic E-state index is 0. The summed E-state index contributed by atoms with van der Waals surface area (Å²) in [6, 6.07) is 3.80. The van der Waals surface area contributed by atoms with Crippen LogP contribution in [0.2, 0.25) is 0 Å². The topological polar surface area (TPSA) is 91.4 Å². The molecule has 29 heavy (non-hydrogen) atoms. The summed E-state index contributed by atoms with van der Waals surface area (Å²) in [6.45, 7) is 4.05. The fourth-order valence-corrected chi connectivity index (χ4v) is 6.49. The van der Waals surface area contributed by atoms with E-state index in [1.165, 1.54) is 17.7 Å². The number of carbonyl (C=O) groups excluding carboxylic acids is 1. The molecule has 2 aliphatic heterocycles. The summed E-state index contributed by atoms with van der Waals surface area (Å²) >= 11 is 0. The summed E-state index contributed by atoms with van der Waals surface area (Å²) in [4.78, 5) is 14.2. The van der Waals surface area contributed by atoms with Crippen molar-refractivity contribution in [3.63, 3.8) is 0 Å². The summed E-state index contributed by atoms with van der Waals surface area (Å²) in [7, 11) is 0. The van der Waals surface area contributed by atoms with Crippen LogP contribution in [0.25, 0.3) is 0 Å². The highest BCUT2D eigenvalue weighted by Crippen LogP contribution is 2.62. The standard InChI is InChI=1S/C20H23NO4.C2H6O.ClH/c22-13-4-3-12-9-15-20(24)6-5-14(23)18-19(20,16(12)17(13)25-18)7-8-21(15)10-11-1-2-11;1-2-3;/h3-4,11,15,18,22,24H,1-2,5-10H2;3H,2H2,1H3;1H/t15-,18+,19+,20-;;/m1../s1. The first-order valence-electron chi connectivity index (χ1n) is 10.7. The van der Waals surface area contributed by atoms with Gasteiger partial charge in [0.15, 0.2) is 23.4 Å². The van der Waals surface area contributed by atoms with Crippen molar-refractivity contribution >= 4 is 5.78 Å². The van der Waals surface area contributed by atoms with Crippen molar-refractivity contribution in [1.82, 2.24) is 0 Å². The van der Waals surface area contributed by atoms with Crippen molar-refractivity contribution in [3.05, 3.63) is 23.3 Å². The SMILES string of the molecule is CCO.O=C1CC[C@@]2(O)[C@H]3Cc4ccc(O)c5c4[C@@]2(CC[NH+]3CC2CC2)[C@H]1O5.[Cl-]. The lowest BCUT2D eigenvalue weighted by molar-refractivity contribution is -0.943. The summed E-state index contributed by atoms with van der Waals surface area (Å²) in [5.74, 6) is 1.45. The third-order valence-corrected chi connectivity index (χ3v) is 7.75. The molecule has 160 valence electrons. The van der Waals surface area contributed by atoms with Gasteiger partial charge in [0, 0.05) is 37.4 Å². The maximum Gasteiger partial charge on any atom is 0.174 e. The van der Waals surface area contributed by atoms with E-state index in [2.05, 4.69) is 0 Å². The molecule has 7 heteroatoms. The fraction of sp³-hybridized carbons (Fsp3) is 0.682. The van der Waals surface area contributed by atoms with Crippen LogP contribution in [0.4, 0.5) is 0 Å². The number of aliphatic hydroxyl groups excluding tert-OH is 1. The van der Waals surface area contributed by atoms with Gasteiger partial charge in [-0.3, -0.25) is 4.79 Å². The van der Waals surface area contributed by atoms with Crippen LogP contribution in [0, 0.1) is 5.92 Å². The van der Waals surface area contributed by atoms with Crippen molar-refractivity contribution in [2.24, 2.45) is 5.92 Å². The first-order chi connectivity index (χ1) is 13.5. The van der Waals surface area contributed by atoms with Crippen LogP contribution in [-0.4, -0.2) is 58.5 Å². The molecule has 4 N–H and O–H groups in total. The van der Waals surface area contributed by atoms with Gasteiger partial charge in [-0.15, -0.1) is 0 Å². The van der Waals surface area contributed by atoms with Crippen molar-refractivity contribution in [2.75, 3.05) is 19.7 Å². The lowest BCUT2D eigenvalue weighted by Crippen LogP contribution is -3.21. The van der Waals surface area contributed by atoms with E-state index in [0.29, 0.717) is 18.6 Å². The number of carbonyl (C=O) groups is 1. The minimum Gasteiger partial charge on any atom is -1.00 e. The molecule has 2 bridgehead atoms. The molecule has 1 unspecified atom stereocenters. The average Bonchev–Trinajstić information content (AvgIpc) is 3.40. The van der Waals surface area contributed by atoms with Gasteiger partial charge in [0.05, 0.1) is 18.5 Å². The predicted octanol–water partition coefficient (Wildman–Crippen LogP) is -2.89. The number of ketones is 1. The number of phenolic OH excluding ortho intramolecular Hbond substituents is 1. The number of Topliss-reactive ketones (excluding diaryl/α,β-unsaturated/α-hetero) is 1. The Labute approximate surface area is 177 Å². The number of hydrogen-bond acceptors (Lipinski definition) is 5. The number of rotatable bonds is 2. The maximum atomic E-state index is 12.7. The molecule has 1 saturated heterocycles. The van der Waals surface area contributed by atoms with Gasteiger partial charge in [0.1, 0.15) is 11.6 Å². The second-order valence-corrected chi connectivity index (χ2v) is 9.19. The number of ether oxygens (including phenoxy) is 1. The van der Waals surface area contributed by atoms with Gasteiger partial charge in [0.25, 0.3) is 0 Å². The third-order valence-electron chi connectivity index (χ3n) is 7.75. The van der Waals surface area contributed by atoms with Gasteiger partial charge in [-0.2, -0.15) is 0 Å². The summed E-state index contributed by atoms with van der Waals surface area (Å²) in [5.41, 5.74) is 0.546. The molecule has 6 rings (SSSR count). The van der Waals surface area contributed by atoms with E-state index in [-0.39, 0.29) is 36.6 Å². The second-order valence-electron chi connectivity index (χ2n) is 9.19. The highest BCUT2D eigenvalue weighted by atomic mass is 35.5. The number of piperidine rings is 1. The Morgan fingerprint density at radius 1 is 1.28 bits per heavy atom. The van der Waals surface area contributed by atoms with Gasteiger partial charge >= 0.3 is 0 Å². The number of benzene rings is 1. The number of halogens is 1. The van der Waals surface area contributed by atoms with E-state index in [0.717, 1.165) is 43.0 Å². The van der Waals surface area contributed by atoms with Gasteiger partial charge < -0.3 is 37.4 Å². The van der Waals surface area contributed by atoms with Crippen molar-refractivity contribution in [1.29, 1.82) is 0 Å². The van der Waals surface area contributed by atoms with Crippen molar-refractivity contribution < 1.29 is 42.2 Å². The molecule has 3 aliphatic carbocycles. The Balaban J connectivity index is 0.000000485. The van der Waals surface area contributed by atoms with Crippen LogP contribution in [0.3, 0.4) is 0 Å². The van der Waals surface area contributed by atoms with Crippen LogP contribution in [-0.2, 0) is 16.6 Å². The molecular weight excluding hydrogens is 394 g/mol. The lowest BCUT2D eigenvalue weighted by Gasteiger charge is -2.60.